The van der Waals surface area contributed by atoms with Gasteiger partial charge in [0.05, 0.1) is 0 Å². The van der Waals surface area contributed by atoms with Crippen LogP contribution in [0.5, 0.6) is 0 Å². The Labute approximate surface area is 125 Å². The third-order valence-electron chi connectivity index (χ3n) is 3.68. The molecule has 4 rings (SSSR count). The predicted molar refractivity (Wildman–Crippen MR) is 91.7 cm³/mol. The summed E-state index contributed by atoms with van der Waals surface area (Å²) >= 11 is 3.68. The Morgan fingerprint density at radius 2 is 1.25 bits per heavy atom. The van der Waals surface area contributed by atoms with Crippen LogP contribution in [0, 0.1) is 0 Å². The molecule has 0 amide bonds. The molecule has 2 heteroatoms. The van der Waals surface area contributed by atoms with Gasteiger partial charge in [-0.15, -0.1) is 0 Å². The molecule has 4 aromatic carbocycles. The second kappa shape index (κ2) is 4.89. The molecule has 0 saturated heterocycles. The molecule has 0 spiro atoms. The van der Waals surface area contributed by atoms with E-state index < -0.39 is 0 Å². The van der Waals surface area contributed by atoms with Crippen LogP contribution in [0.25, 0.3) is 32.3 Å². The first kappa shape index (κ1) is 13.1. The van der Waals surface area contributed by atoms with Crippen LogP contribution in [0.15, 0.2) is 71.2 Å². The SMILES string of the molecule is Brc1cccc2ccc3cc4ccccc4cc3c12.N. The van der Waals surface area contributed by atoms with Gasteiger partial charge in [-0.05, 0) is 45.1 Å². The monoisotopic (exact) mass is 323 g/mol. The topological polar surface area (TPSA) is 35.0 Å². The smallest absolute Gasteiger partial charge is 0.0259 e. The van der Waals surface area contributed by atoms with E-state index in [2.05, 4.69) is 82.7 Å². The summed E-state index contributed by atoms with van der Waals surface area (Å²) in [7, 11) is 0. The van der Waals surface area contributed by atoms with E-state index in [1.807, 2.05) is 0 Å². The van der Waals surface area contributed by atoms with Gasteiger partial charge >= 0.3 is 0 Å². The maximum atomic E-state index is 3.68. The molecule has 0 unspecified atom stereocenters. The molecule has 0 aromatic heterocycles. The van der Waals surface area contributed by atoms with Crippen molar-refractivity contribution >= 4 is 48.2 Å². The van der Waals surface area contributed by atoms with Crippen LogP contribution < -0.4 is 6.15 Å². The van der Waals surface area contributed by atoms with E-state index in [4.69, 9.17) is 0 Å². The molecule has 0 heterocycles. The predicted octanol–water partition coefficient (Wildman–Crippen LogP) is 6.07. The summed E-state index contributed by atoms with van der Waals surface area (Å²) in [4.78, 5) is 0. The Kier molecular flexibility index (Phi) is 3.20. The third kappa shape index (κ3) is 1.89. The zero-order valence-electron chi connectivity index (χ0n) is 10.9. The van der Waals surface area contributed by atoms with E-state index in [0.29, 0.717) is 0 Å². The number of halogens is 1. The van der Waals surface area contributed by atoms with Gasteiger partial charge < -0.3 is 6.15 Å². The first-order chi connectivity index (χ1) is 9.33. The number of hydrogen-bond acceptors (Lipinski definition) is 1. The molecule has 0 aliphatic rings. The minimum atomic E-state index is 0. The fraction of sp³-hybridized carbons (Fsp3) is 0. The minimum Gasteiger partial charge on any atom is -0.344 e. The summed E-state index contributed by atoms with van der Waals surface area (Å²) in [6.45, 7) is 0. The lowest BCUT2D eigenvalue weighted by Crippen LogP contribution is -1.80. The summed E-state index contributed by atoms with van der Waals surface area (Å²) in [5.74, 6) is 0. The van der Waals surface area contributed by atoms with Crippen molar-refractivity contribution in [1.82, 2.24) is 6.15 Å². The summed E-state index contributed by atoms with van der Waals surface area (Å²) in [6.07, 6.45) is 0. The molecule has 0 aliphatic carbocycles. The molecular weight excluding hydrogens is 310 g/mol. The molecule has 1 nitrogen and oxygen atoms in total. The van der Waals surface area contributed by atoms with Crippen molar-refractivity contribution in [3.05, 3.63) is 71.2 Å². The molecule has 0 radical (unpaired) electrons. The van der Waals surface area contributed by atoms with Crippen molar-refractivity contribution in [2.45, 2.75) is 0 Å². The molecule has 0 aliphatic heterocycles. The van der Waals surface area contributed by atoms with Crippen molar-refractivity contribution in [3.8, 4) is 0 Å². The lowest BCUT2D eigenvalue weighted by atomic mass is 9.98. The molecule has 3 N–H and O–H groups in total. The fourth-order valence-electron chi connectivity index (χ4n) is 2.76. The van der Waals surface area contributed by atoms with E-state index in [9.17, 15) is 0 Å². The van der Waals surface area contributed by atoms with Crippen molar-refractivity contribution in [2.24, 2.45) is 0 Å². The molecule has 20 heavy (non-hydrogen) atoms. The van der Waals surface area contributed by atoms with Gasteiger partial charge in [-0.1, -0.05) is 64.5 Å². The van der Waals surface area contributed by atoms with Crippen molar-refractivity contribution in [1.29, 1.82) is 0 Å². The number of benzene rings is 4. The van der Waals surface area contributed by atoms with Crippen molar-refractivity contribution in [2.75, 3.05) is 0 Å². The second-order valence-electron chi connectivity index (χ2n) is 4.82. The highest BCUT2D eigenvalue weighted by Crippen LogP contribution is 2.33. The Balaban J connectivity index is 0.00000121. The van der Waals surface area contributed by atoms with Crippen LogP contribution in [0.1, 0.15) is 0 Å². The van der Waals surface area contributed by atoms with Crippen molar-refractivity contribution < 1.29 is 0 Å². The maximum absolute atomic E-state index is 3.68. The van der Waals surface area contributed by atoms with Gasteiger partial charge in [-0.2, -0.15) is 0 Å². The highest BCUT2D eigenvalue weighted by atomic mass is 79.9. The molecule has 4 aromatic rings. The first-order valence-corrected chi connectivity index (χ1v) is 7.12. The van der Waals surface area contributed by atoms with Crippen LogP contribution in [0.2, 0.25) is 0 Å². The van der Waals surface area contributed by atoms with Crippen LogP contribution in [-0.2, 0) is 0 Å². The maximum Gasteiger partial charge on any atom is 0.0259 e. The minimum absolute atomic E-state index is 0. The lowest BCUT2D eigenvalue weighted by molar-refractivity contribution is 1.74. The lowest BCUT2D eigenvalue weighted by Gasteiger charge is -2.08. The normalized spacial score (nSPS) is 10.8. The van der Waals surface area contributed by atoms with E-state index in [1.165, 1.54) is 32.3 Å². The highest BCUT2D eigenvalue weighted by Gasteiger charge is 2.05. The van der Waals surface area contributed by atoms with Crippen LogP contribution in [0.4, 0.5) is 0 Å². The van der Waals surface area contributed by atoms with Crippen LogP contribution in [0.3, 0.4) is 0 Å². The average Bonchev–Trinajstić information content (AvgIpc) is 2.45. The largest absolute Gasteiger partial charge is 0.344 e. The Morgan fingerprint density at radius 1 is 0.600 bits per heavy atom. The van der Waals surface area contributed by atoms with Gasteiger partial charge in [0.1, 0.15) is 0 Å². The van der Waals surface area contributed by atoms with Gasteiger partial charge in [0.2, 0.25) is 0 Å². The molecular formula is C18H14BrN. The number of rotatable bonds is 0. The quantitative estimate of drug-likeness (QED) is 0.309. The zero-order valence-corrected chi connectivity index (χ0v) is 12.5. The number of hydrogen-bond donors (Lipinski definition) is 1. The van der Waals surface area contributed by atoms with Crippen LogP contribution in [-0.4, -0.2) is 0 Å². The van der Waals surface area contributed by atoms with Gasteiger partial charge in [0.25, 0.3) is 0 Å². The summed E-state index contributed by atoms with van der Waals surface area (Å²) in [5.41, 5.74) is 0. The zero-order chi connectivity index (χ0) is 12.8. The highest BCUT2D eigenvalue weighted by molar-refractivity contribution is 9.10. The number of fused-ring (bicyclic) bond motifs is 4. The molecule has 0 bridgehead atoms. The van der Waals surface area contributed by atoms with Gasteiger partial charge in [0.15, 0.2) is 0 Å². The van der Waals surface area contributed by atoms with Gasteiger partial charge in [0, 0.05) is 9.86 Å². The van der Waals surface area contributed by atoms with Crippen molar-refractivity contribution in [3.63, 3.8) is 0 Å². The first-order valence-electron chi connectivity index (χ1n) is 6.33. The summed E-state index contributed by atoms with van der Waals surface area (Å²) in [5, 5.41) is 7.75. The van der Waals surface area contributed by atoms with Crippen LogP contribution >= 0.6 is 15.9 Å². The Morgan fingerprint density at radius 3 is 2.05 bits per heavy atom. The second-order valence-corrected chi connectivity index (χ2v) is 5.68. The molecule has 0 saturated carbocycles. The molecule has 0 fully saturated rings. The van der Waals surface area contributed by atoms with E-state index in [0.717, 1.165) is 4.47 Å². The summed E-state index contributed by atoms with van der Waals surface area (Å²) < 4.78 is 1.16. The Bertz CT molecular complexity index is 928. The molecule has 98 valence electrons. The molecule has 0 atom stereocenters. The summed E-state index contributed by atoms with van der Waals surface area (Å²) in [6, 6.07) is 23.8. The van der Waals surface area contributed by atoms with E-state index in [-0.39, 0.29) is 6.15 Å². The van der Waals surface area contributed by atoms with E-state index in [1.54, 1.807) is 0 Å². The van der Waals surface area contributed by atoms with Gasteiger partial charge in [-0.25, -0.2) is 0 Å². The third-order valence-corrected chi connectivity index (χ3v) is 4.34. The fourth-order valence-corrected chi connectivity index (χ4v) is 3.35. The average molecular weight is 324 g/mol. The van der Waals surface area contributed by atoms with Gasteiger partial charge in [-0.3, -0.25) is 0 Å². The standard InChI is InChI=1S/C18H11Br.H3N/c19-17-7-3-6-12-8-9-15-10-13-4-1-2-5-14(13)11-16(15)18(12)17;/h1-11H;1H3. The van der Waals surface area contributed by atoms with E-state index >= 15 is 0 Å². The Hall–Kier alpha value is -1.90.